The van der Waals surface area contributed by atoms with Gasteiger partial charge in [0.15, 0.2) is 0 Å². The molecule has 0 amide bonds. The average molecular weight is 295 g/mol. The summed E-state index contributed by atoms with van der Waals surface area (Å²) in [5.41, 5.74) is 3.79. The quantitative estimate of drug-likeness (QED) is 0.608. The molecule has 0 bridgehead atoms. The van der Waals surface area contributed by atoms with Crippen LogP contribution in [0.2, 0.25) is 5.02 Å². The molecule has 1 heterocycles. The molecule has 6 heteroatoms. The largest absolute Gasteiger partial charge is 0.491 e. The van der Waals surface area contributed by atoms with E-state index in [1.807, 2.05) is 22.9 Å². The Morgan fingerprint density at radius 2 is 2.10 bits per heavy atom. The van der Waals surface area contributed by atoms with Gasteiger partial charge in [0, 0.05) is 17.8 Å². The molecule has 0 radical (unpaired) electrons. The van der Waals surface area contributed by atoms with Crippen molar-refractivity contribution in [1.29, 1.82) is 0 Å². The van der Waals surface area contributed by atoms with Crippen LogP contribution >= 0.6 is 11.6 Å². The van der Waals surface area contributed by atoms with Crippen molar-refractivity contribution in [1.82, 2.24) is 15.2 Å². The van der Waals surface area contributed by atoms with E-state index in [0.29, 0.717) is 11.6 Å². The van der Waals surface area contributed by atoms with Gasteiger partial charge in [-0.25, -0.2) is 5.43 Å². The fraction of sp³-hybridized carbons (Fsp3) is 0.357. The normalized spacial score (nSPS) is 12.3. The number of aryl methyl sites for hydroxylation is 1. The maximum absolute atomic E-state index is 5.84. The van der Waals surface area contributed by atoms with E-state index >= 15 is 0 Å². The zero-order valence-electron chi connectivity index (χ0n) is 11.4. The van der Waals surface area contributed by atoms with Crippen LogP contribution in [0.3, 0.4) is 0 Å². The topological polar surface area (TPSA) is 65.1 Å². The smallest absolute Gasteiger partial charge is 0.119 e. The number of aromatic nitrogens is 2. The van der Waals surface area contributed by atoms with Gasteiger partial charge in [0.25, 0.3) is 0 Å². The Kier molecular flexibility index (Phi) is 5.40. The minimum atomic E-state index is -0.111. The fourth-order valence-corrected chi connectivity index (χ4v) is 2.09. The van der Waals surface area contributed by atoms with E-state index in [1.165, 1.54) is 0 Å². The van der Waals surface area contributed by atoms with Gasteiger partial charge in [0.1, 0.15) is 12.4 Å². The van der Waals surface area contributed by atoms with Gasteiger partial charge in [-0.2, -0.15) is 5.10 Å². The van der Waals surface area contributed by atoms with Gasteiger partial charge in [-0.05, 0) is 36.8 Å². The van der Waals surface area contributed by atoms with Crippen LogP contribution in [0.4, 0.5) is 0 Å². The molecule has 5 nitrogen and oxygen atoms in total. The van der Waals surface area contributed by atoms with Gasteiger partial charge < -0.3 is 4.74 Å². The highest BCUT2D eigenvalue weighted by Crippen LogP contribution is 2.18. The molecule has 20 heavy (non-hydrogen) atoms. The predicted molar refractivity (Wildman–Crippen MR) is 79.5 cm³/mol. The van der Waals surface area contributed by atoms with Gasteiger partial charge in [0.2, 0.25) is 0 Å². The van der Waals surface area contributed by atoms with Crippen molar-refractivity contribution in [3.05, 3.63) is 47.2 Å². The van der Waals surface area contributed by atoms with E-state index in [-0.39, 0.29) is 6.04 Å². The van der Waals surface area contributed by atoms with Crippen molar-refractivity contribution < 1.29 is 4.74 Å². The van der Waals surface area contributed by atoms with Crippen LogP contribution in [0.25, 0.3) is 0 Å². The zero-order chi connectivity index (χ0) is 14.4. The molecule has 1 unspecified atom stereocenters. The van der Waals surface area contributed by atoms with Crippen molar-refractivity contribution in [2.75, 3.05) is 6.61 Å². The molecular weight excluding hydrogens is 276 g/mol. The molecule has 0 aliphatic heterocycles. The van der Waals surface area contributed by atoms with Crippen molar-refractivity contribution in [2.24, 2.45) is 5.84 Å². The maximum atomic E-state index is 5.84. The standard InChI is InChI=1S/C14H19ClN4O/c1-2-9-19-14(7-8-17-19)13(18-16)10-20-12-5-3-11(15)4-6-12/h3-8,13,18H,2,9-10,16H2,1H3. The molecule has 2 aromatic rings. The molecule has 0 saturated heterocycles. The lowest BCUT2D eigenvalue weighted by Gasteiger charge is -2.18. The first-order valence-electron chi connectivity index (χ1n) is 6.60. The molecular formula is C14H19ClN4O. The van der Waals surface area contributed by atoms with Crippen LogP contribution in [0.5, 0.6) is 5.75 Å². The van der Waals surface area contributed by atoms with Gasteiger partial charge in [-0.15, -0.1) is 0 Å². The van der Waals surface area contributed by atoms with Gasteiger partial charge in [-0.3, -0.25) is 10.5 Å². The molecule has 0 aliphatic carbocycles. The number of hydrogen-bond acceptors (Lipinski definition) is 4. The van der Waals surface area contributed by atoms with E-state index in [4.69, 9.17) is 22.2 Å². The van der Waals surface area contributed by atoms with E-state index in [0.717, 1.165) is 24.4 Å². The van der Waals surface area contributed by atoms with Gasteiger partial charge in [0.05, 0.1) is 11.7 Å². The number of halogens is 1. The number of nitrogens with zero attached hydrogens (tertiary/aromatic N) is 2. The van der Waals surface area contributed by atoms with E-state index in [2.05, 4.69) is 17.4 Å². The Morgan fingerprint density at radius 1 is 1.35 bits per heavy atom. The SMILES string of the molecule is CCCn1nccc1C(COc1ccc(Cl)cc1)NN. The Morgan fingerprint density at radius 3 is 2.75 bits per heavy atom. The Bertz CT molecular complexity index is 526. The van der Waals surface area contributed by atoms with Crippen LogP contribution in [0.1, 0.15) is 25.1 Å². The van der Waals surface area contributed by atoms with E-state index in [9.17, 15) is 0 Å². The highest BCUT2D eigenvalue weighted by Gasteiger charge is 2.15. The van der Waals surface area contributed by atoms with Gasteiger partial charge >= 0.3 is 0 Å². The highest BCUT2D eigenvalue weighted by atomic mass is 35.5. The number of benzene rings is 1. The third kappa shape index (κ3) is 3.72. The summed E-state index contributed by atoms with van der Waals surface area (Å²) >= 11 is 5.84. The molecule has 108 valence electrons. The molecule has 0 spiro atoms. The van der Waals surface area contributed by atoms with E-state index < -0.39 is 0 Å². The minimum Gasteiger partial charge on any atom is -0.491 e. The second-order valence-corrected chi connectivity index (χ2v) is 4.90. The monoisotopic (exact) mass is 294 g/mol. The summed E-state index contributed by atoms with van der Waals surface area (Å²) in [6, 6.07) is 9.09. The molecule has 1 atom stereocenters. The molecule has 3 N–H and O–H groups in total. The fourth-order valence-electron chi connectivity index (χ4n) is 1.97. The number of nitrogens with one attached hydrogen (secondary N) is 1. The Hall–Kier alpha value is -1.56. The molecule has 0 aliphatic rings. The summed E-state index contributed by atoms with van der Waals surface area (Å²) in [5.74, 6) is 6.39. The predicted octanol–water partition coefficient (Wildman–Crippen LogP) is 2.53. The average Bonchev–Trinajstić information content (AvgIpc) is 2.90. The van der Waals surface area contributed by atoms with Crippen LogP contribution in [-0.2, 0) is 6.54 Å². The second kappa shape index (κ2) is 7.28. The number of hydrazine groups is 1. The summed E-state index contributed by atoms with van der Waals surface area (Å²) in [4.78, 5) is 0. The molecule has 2 rings (SSSR count). The van der Waals surface area contributed by atoms with Crippen molar-refractivity contribution in [2.45, 2.75) is 25.9 Å². The maximum Gasteiger partial charge on any atom is 0.119 e. The highest BCUT2D eigenvalue weighted by molar-refractivity contribution is 6.30. The lowest BCUT2D eigenvalue weighted by molar-refractivity contribution is 0.259. The Balaban J connectivity index is 2.01. The number of ether oxygens (including phenoxy) is 1. The number of rotatable bonds is 7. The molecule has 1 aromatic carbocycles. The summed E-state index contributed by atoms with van der Waals surface area (Å²) in [6.45, 7) is 3.40. The molecule has 1 aromatic heterocycles. The zero-order valence-corrected chi connectivity index (χ0v) is 12.2. The van der Waals surface area contributed by atoms with Gasteiger partial charge in [-0.1, -0.05) is 18.5 Å². The third-order valence-electron chi connectivity index (χ3n) is 2.97. The van der Waals surface area contributed by atoms with Crippen molar-refractivity contribution in [3.63, 3.8) is 0 Å². The third-order valence-corrected chi connectivity index (χ3v) is 3.23. The first kappa shape index (κ1) is 14.8. The van der Waals surface area contributed by atoms with E-state index in [1.54, 1.807) is 18.3 Å². The summed E-state index contributed by atoms with van der Waals surface area (Å²) in [6.07, 6.45) is 2.79. The first-order valence-corrected chi connectivity index (χ1v) is 6.98. The van der Waals surface area contributed by atoms with Crippen LogP contribution in [0, 0.1) is 0 Å². The van der Waals surface area contributed by atoms with Crippen LogP contribution in [0.15, 0.2) is 36.5 Å². The van der Waals surface area contributed by atoms with Crippen molar-refractivity contribution in [3.8, 4) is 5.75 Å². The Labute approximate surface area is 123 Å². The van der Waals surface area contributed by atoms with Crippen LogP contribution in [-0.4, -0.2) is 16.4 Å². The summed E-state index contributed by atoms with van der Waals surface area (Å²) < 4.78 is 7.67. The van der Waals surface area contributed by atoms with Crippen molar-refractivity contribution >= 4 is 11.6 Å². The lowest BCUT2D eigenvalue weighted by atomic mass is 10.2. The first-order chi connectivity index (χ1) is 9.74. The number of hydrogen-bond donors (Lipinski definition) is 2. The summed E-state index contributed by atoms with van der Waals surface area (Å²) in [7, 11) is 0. The number of nitrogens with two attached hydrogens (primary N) is 1. The summed E-state index contributed by atoms with van der Waals surface area (Å²) in [5, 5.41) is 4.98. The molecule has 0 saturated carbocycles. The lowest BCUT2D eigenvalue weighted by Crippen LogP contribution is -2.34. The second-order valence-electron chi connectivity index (χ2n) is 4.46. The molecule has 0 fully saturated rings. The minimum absolute atomic E-state index is 0.111. The van der Waals surface area contributed by atoms with Crippen LogP contribution < -0.4 is 16.0 Å².